The smallest absolute Gasteiger partial charge is 0.246 e. The lowest BCUT2D eigenvalue weighted by atomic mass is 9.99. The molecule has 1 N–H and O–H groups in total. The Hall–Kier alpha value is -0.900. The molecule has 4 heteroatoms. The monoisotopic (exact) mass is 215 g/mol. The summed E-state index contributed by atoms with van der Waals surface area (Å²) >= 11 is 0. The van der Waals surface area contributed by atoms with Crippen LogP contribution in [0.1, 0.15) is 33.6 Å². The van der Waals surface area contributed by atoms with Crippen LogP contribution in [0.2, 0.25) is 0 Å². The van der Waals surface area contributed by atoms with Crippen molar-refractivity contribution in [3.8, 4) is 0 Å². The van der Waals surface area contributed by atoms with Crippen LogP contribution in [0.15, 0.2) is 0 Å². The predicted molar refractivity (Wildman–Crippen MR) is 58.6 cm³/mol. The number of hydrogen-bond donors (Lipinski definition) is 1. The van der Waals surface area contributed by atoms with E-state index in [-0.39, 0.29) is 24.3 Å². The predicted octanol–water partition coefficient (Wildman–Crippen LogP) is 1.14. The van der Waals surface area contributed by atoms with E-state index < -0.39 is 0 Å². The maximum atomic E-state index is 11.3. The second-order valence-corrected chi connectivity index (χ2v) is 4.23. The van der Waals surface area contributed by atoms with Crippen molar-refractivity contribution in [3.63, 3.8) is 0 Å². The molecule has 0 rings (SSSR count). The van der Waals surface area contributed by atoms with Gasteiger partial charge in [0.15, 0.2) is 0 Å². The zero-order chi connectivity index (χ0) is 11.8. The molecule has 0 aliphatic rings. The molecule has 0 radical (unpaired) electrons. The second kappa shape index (κ2) is 7.40. The highest BCUT2D eigenvalue weighted by Gasteiger charge is 2.15. The first-order chi connectivity index (χ1) is 6.95. The molecule has 0 aliphatic heterocycles. The number of methoxy groups -OCH3 is 1. The van der Waals surface area contributed by atoms with Crippen LogP contribution in [-0.2, 0) is 14.3 Å². The van der Waals surface area contributed by atoms with Crippen LogP contribution in [0.3, 0.4) is 0 Å². The van der Waals surface area contributed by atoms with Crippen molar-refractivity contribution in [1.82, 2.24) is 5.32 Å². The van der Waals surface area contributed by atoms with Crippen molar-refractivity contribution in [2.24, 2.45) is 5.92 Å². The van der Waals surface area contributed by atoms with E-state index >= 15 is 0 Å². The van der Waals surface area contributed by atoms with Crippen LogP contribution in [0.5, 0.6) is 0 Å². The molecule has 0 saturated heterocycles. The van der Waals surface area contributed by atoms with Gasteiger partial charge in [-0.1, -0.05) is 13.8 Å². The van der Waals surface area contributed by atoms with Gasteiger partial charge in [0, 0.05) is 19.6 Å². The molecular weight excluding hydrogens is 194 g/mol. The van der Waals surface area contributed by atoms with E-state index in [4.69, 9.17) is 4.74 Å². The summed E-state index contributed by atoms with van der Waals surface area (Å²) in [7, 11) is 1.47. The Morgan fingerprint density at radius 1 is 1.33 bits per heavy atom. The zero-order valence-corrected chi connectivity index (χ0v) is 10.0. The van der Waals surface area contributed by atoms with Crippen LogP contribution in [-0.4, -0.2) is 31.4 Å². The van der Waals surface area contributed by atoms with Crippen molar-refractivity contribution in [1.29, 1.82) is 0 Å². The summed E-state index contributed by atoms with van der Waals surface area (Å²) in [5, 5.41) is 2.80. The van der Waals surface area contributed by atoms with Gasteiger partial charge in [0.05, 0.1) is 0 Å². The van der Waals surface area contributed by atoms with E-state index in [1.165, 1.54) is 14.0 Å². The van der Waals surface area contributed by atoms with E-state index in [2.05, 4.69) is 19.2 Å². The number of hydrogen-bond acceptors (Lipinski definition) is 3. The van der Waals surface area contributed by atoms with Gasteiger partial charge in [0.2, 0.25) is 5.91 Å². The van der Waals surface area contributed by atoms with Crippen molar-refractivity contribution >= 4 is 11.7 Å². The fraction of sp³-hybridized carbons (Fsp3) is 0.818. The topological polar surface area (TPSA) is 55.4 Å². The van der Waals surface area contributed by atoms with Crippen LogP contribution < -0.4 is 5.32 Å². The lowest BCUT2D eigenvalue weighted by molar-refractivity contribution is -0.126. The minimum absolute atomic E-state index is 0.0481. The Labute approximate surface area is 91.4 Å². The fourth-order valence-corrected chi connectivity index (χ4v) is 1.51. The molecular formula is C11H21NO3. The summed E-state index contributed by atoms with van der Waals surface area (Å²) in [6.07, 6.45) is 1.21. The molecule has 0 aromatic rings. The van der Waals surface area contributed by atoms with Gasteiger partial charge in [-0.3, -0.25) is 9.59 Å². The Balaban J connectivity index is 4.11. The number of rotatable bonds is 7. The standard InChI is InChI=1S/C11H21NO3/c1-8(2)5-10(6-9(3)13)12-11(14)7-15-4/h8,10H,5-7H2,1-4H3,(H,12,14)/t10-/m1/s1. The van der Waals surface area contributed by atoms with Gasteiger partial charge >= 0.3 is 0 Å². The van der Waals surface area contributed by atoms with Crippen molar-refractivity contribution in [2.45, 2.75) is 39.7 Å². The molecule has 88 valence electrons. The van der Waals surface area contributed by atoms with Gasteiger partial charge in [-0.05, 0) is 19.3 Å². The third kappa shape index (κ3) is 8.12. The highest BCUT2D eigenvalue weighted by atomic mass is 16.5. The maximum absolute atomic E-state index is 11.3. The first kappa shape index (κ1) is 14.1. The number of ether oxygens (including phenoxy) is 1. The van der Waals surface area contributed by atoms with Gasteiger partial charge < -0.3 is 10.1 Å². The molecule has 0 aromatic carbocycles. The van der Waals surface area contributed by atoms with Crippen molar-refractivity contribution in [3.05, 3.63) is 0 Å². The molecule has 15 heavy (non-hydrogen) atoms. The minimum atomic E-state index is -0.163. The van der Waals surface area contributed by atoms with E-state index in [0.717, 1.165) is 6.42 Å². The highest BCUT2D eigenvalue weighted by molar-refractivity contribution is 5.80. The number of carbonyl (C=O) groups excluding carboxylic acids is 2. The van der Waals surface area contributed by atoms with E-state index in [0.29, 0.717) is 12.3 Å². The normalized spacial score (nSPS) is 12.6. The summed E-state index contributed by atoms with van der Waals surface area (Å²) in [5.41, 5.74) is 0. The fourth-order valence-electron chi connectivity index (χ4n) is 1.51. The SMILES string of the molecule is COCC(=O)N[C@@H](CC(C)=O)CC(C)C. The summed E-state index contributed by atoms with van der Waals surface area (Å²) in [4.78, 5) is 22.3. The van der Waals surface area contributed by atoms with Crippen molar-refractivity contribution < 1.29 is 14.3 Å². The molecule has 4 nitrogen and oxygen atoms in total. The summed E-state index contributed by atoms with van der Waals surface area (Å²) in [6.45, 7) is 5.72. The maximum Gasteiger partial charge on any atom is 0.246 e. The molecule has 0 fully saturated rings. The molecule has 0 heterocycles. The van der Waals surface area contributed by atoms with Crippen LogP contribution >= 0.6 is 0 Å². The number of nitrogens with one attached hydrogen (secondary N) is 1. The minimum Gasteiger partial charge on any atom is -0.375 e. The first-order valence-corrected chi connectivity index (χ1v) is 5.23. The average molecular weight is 215 g/mol. The summed E-state index contributed by atoms with van der Waals surface area (Å²) in [5.74, 6) is 0.389. The second-order valence-electron chi connectivity index (χ2n) is 4.23. The van der Waals surface area contributed by atoms with Crippen LogP contribution in [0.25, 0.3) is 0 Å². The lowest BCUT2D eigenvalue weighted by Gasteiger charge is -2.19. The molecule has 0 aliphatic carbocycles. The largest absolute Gasteiger partial charge is 0.375 e. The molecule has 0 saturated carbocycles. The molecule has 0 bridgehead atoms. The summed E-state index contributed by atoms with van der Waals surface area (Å²) in [6, 6.07) is -0.0647. The molecule has 0 unspecified atom stereocenters. The van der Waals surface area contributed by atoms with Crippen molar-refractivity contribution in [2.75, 3.05) is 13.7 Å². The Kier molecular flexibility index (Phi) is 6.96. The quantitative estimate of drug-likeness (QED) is 0.693. The van der Waals surface area contributed by atoms with Gasteiger partial charge in [-0.25, -0.2) is 0 Å². The lowest BCUT2D eigenvalue weighted by Crippen LogP contribution is -2.39. The number of amides is 1. The third-order valence-electron chi connectivity index (χ3n) is 1.93. The van der Waals surface area contributed by atoms with E-state index in [1.807, 2.05) is 0 Å². The number of Topliss-reactive ketones (excluding diaryl/α,β-unsaturated/α-hetero) is 1. The number of ketones is 1. The molecule has 1 atom stereocenters. The van der Waals surface area contributed by atoms with E-state index in [1.54, 1.807) is 0 Å². The first-order valence-electron chi connectivity index (χ1n) is 5.23. The van der Waals surface area contributed by atoms with E-state index in [9.17, 15) is 9.59 Å². The highest BCUT2D eigenvalue weighted by Crippen LogP contribution is 2.08. The number of carbonyl (C=O) groups is 2. The average Bonchev–Trinajstić information content (AvgIpc) is 2.00. The molecule has 0 aromatic heterocycles. The summed E-state index contributed by atoms with van der Waals surface area (Å²) < 4.78 is 4.72. The van der Waals surface area contributed by atoms with Gasteiger partial charge in [0.25, 0.3) is 0 Å². The zero-order valence-electron chi connectivity index (χ0n) is 10.0. The van der Waals surface area contributed by atoms with Crippen LogP contribution in [0, 0.1) is 5.92 Å². The van der Waals surface area contributed by atoms with Crippen LogP contribution in [0.4, 0.5) is 0 Å². The third-order valence-corrected chi connectivity index (χ3v) is 1.93. The van der Waals surface area contributed by atoms with Gasteiger partial charge in [-0.15, -0.1) is 0 Å². The Morgan fingerprint density at radius 2 is 1.93 bits per heavy atom. The Bertz CT molecular complexity index is 214. The Morgan fingerprint density at radius 3 is 2.33 bits per heavy atom. The van der Waals surface area contributed by atoms with Gasteiger partial charge in [-0.2, -0.15) is 0 Å². The molecule has 0 spiro atoms. The molecule has 1 amide bonds. The van der Waals surface area contributed by atoms with Gasteiger partial charge in [0.1, 0.15) is 12.4 Å².